The third-order valence-electron chi connectivity index (χ3n) is 3.91. The van der Waals surface area contributed by atoms with Crippen LogP contribution in [0.5, 0.6) is 0 Å². The Labute approximate surface area is 168 Å². The summed E-state index contributed by atoms with van der Waals surface area (Å²) < 4.78 is 2.80. The largest absolute Gasteiger partial charge is 0.304 e. The van der Waals surface area contributed by atoms with Gasteiger partial charge in [0.25, 0.3) is 5.91 Å². The Balaban J connectivity index is 1.43. The molecule has 0 radical (unpaired) electrons. The Morgan fingerprint density at radius 1 is 1.11 bits per heavy atom. The molecule has 134 valence electrons. The number of amides is 1. The van der Waals surface area contributed by atoms with E-state index >= 15 is 0 Å². The van der Waals surface area contributed by atoms with Crippen LogP contribution < -0.4 is 5.32 Å². The van der Waals surface area contributed by atoms with E-state index in [0.717, 1.165) is 20.5 Å². The van der Waals surface area contributed by atoms with Gasteiger partial charge in [-0.05, 0) is 41.5 Å². The quantitative estimate of drug-likeness (QED) is 0.473. The Bertz CT molecular complexity index is 1060. The van der Waals surface area contributed by atoms with E-state index < -0.39 is 0 Å². The van der Waals surface area contributed by atoms with Gasteiger partial charge in [0.15, 0.2) is 5.82 Å². The number of hydrogen-bond acceptors (Lipinski definition) is 4. The van der Waals surface area contributed by atoms with Crippen molar-refractivity contribution in [3.8, 4) is 10.4 Å². The summed E-state index contributed by atoms with van der Waals surface area (Å²) in [7, 11) is 0. The Hall–Kier alpha value is -2.77. The van der Waals surface area contributed by atoms with Crippen LogP contribution in [0.25, 0.3) is 10.4 Å². The lowest BCUT2D eigenvalue weighted by Gasteiger charge is -2.02. The number of thiophene rings is 1. The van der Waals surface area contributed by atoms with Gasteiger partial charge >= 0.3 is 0 Å². The number of aromatic nitrogens is 3. The summed E-state index contributed by atoms with van der Waals surface area (Å²) in [5.74, 6) is 0.373. The van der Waals surface area contributed by atoms with Crippen molar-refractivity contribution in [2.24, 2.45) is 0 Å². The third-order valence-corrected chi connectivity index (χ3v) is 5.57. The number of nitrogens with zero attached hydrogens (tertiary/aromatic N) is 3. The maximum atomic E-state index is 12.5. The normalized spacial score (nSPS) is 10.7. The third kappa shape index (κ3) is 4.32. The Morgan fingerprint density at radius 3 is 2.74 bits per heavy atom. The maximum Gasteiger partial charge on any atom is 0.266 e. The van der Waals surface area contributed by atoms with E-state index in [-0.39, 0.29) is 5.91 Å². The summed E-state index contributed by atoms with van der Waals surface area (Å²) in [5, 5.41) is 7.26. The summed E-state index contributed by atoms with van der Waals surface area (Å²) in [6.07, 6.45) is 5.38. The van der Waals surface area contributed by atoms with Gasteiger partial charge < -0.3 is 5.32 Å². The number of carbonyl (C=O) groups excluding carboxylic acids is 1. The lowest BCUT2D eigenvalue weighted by atomic mass is 10.2. The molecule has 4 aromatic rings. The van der Waals surface area contributed by atoms with Gasteiger partial charge in [0, 0.05) is 34.0 Å². The van der Waals surface area contributed by atoms with Gasteiger partial charge in [0.1, 0.15) is 0 Å². The molecule has 1 amide bonds. The zero-order valence-electron chi connectivity index (χ0n) is 14.2. The summed E-state index contributed by atoms with van der Waals surface area (Å²) >= 11 is 4.89. The second-order valence-corrected chi connectivity index (χ2v) is 7.88. The molecule has 0 spiro atoms. The summed E-state index contributed by atoms with van der Waals surface area (Å²) in [4.78, 5) is 18.3. The van der Waals surface area contributed by atoms with E-state index in [2.05, 4.69) is 31.3 Å². The monoisotopic (exact) mass is 438 g/mol. The molecule has 1 N–H and O–H groups in total. The molecule has 0 saturated heterocycles. The lowest BCUT2D eigenvalue weighted by molar-refractivity contribution is 0.103. The highest BCUT2D eigenvalue weighted by Crippen LogP contribution is 2.29. The highest BCUT2D eigenvalue weighted by atomic mass is 79.9. The molecule has 27 heavy (non-hydrogen) atoms. The fourth-order valence-electron chi connectivity index (χ4n) is 2.60. The average Bonchev–Trinajstić information content (AvgIpc) is 3.33. The van der Waals surface area contributed by atoms with Crippen molar-refractivity contribution >= 4 is 39.0 Å². The van der Waals surface area contributed by atoms with E-state index in [1.54, 1.807) is 23.1 Å². The fraction of sp³-hybridized carbons (Fsp3) is 0.0500. The minimum absolute atomic E-state index is 0.157. The van der Waals surface area contributed by atoms with Crippen LogP contribution >= 0.6 is 27.3 Å². The minimum Gasteiger partial charge on any atom is -0.304 e. The molecule has 0 saturated carbocycles. The topological polar surface area (TPSA) is 59.8 Å². The summed E-state index contributed by atoms with van der Waals surface area (Å²) in [6.45, 7) is 0.608. The molecular formula is C20H15BrN4OS. The number of carbonyl (C=O) groups is 1. The molecule has 0 aliphatic carbocycles. The molecule has 0 aliphatic heterocycles. The molecule has 1 aromatic carbocycles. The van der Waals surface area contributed by atoms with Crippen molar-refractivity contribution < 1.29 is 4.79 Å². The van der Waals surface area contributed by atoms with E-state index in [4.69, 9.17) is 0 Å². The SMILES string of the molecule is O=C(Nc1ccn(Cc2cccnc2)n1)c1ccc(-c2ccc(Br)cc2)s1. The number of rotatable bonds is 5. The molecule has 0 atom stereocenters. The van der Waals surface area contributed by atoms with Crippen molar-refractivity contribution in [3.05, 3.63) is 88.1 Å². The van der Waals surface area contributed by atoms with Crippen LogP contribution in [0.3, 0.4) is 0 Å². The van der Waals surface area contributed by atoms with Crippen LogP contribution in [0.2, 0.25) is 0 Å². The molecule has 0 unspecified atom stereocenters. The minimum atomic E-state index is -0.157. The second kappa shape index (κ2) is 7.85. The number of pyridine rings is 1. The Morgan fingerprint density at radius 2 is 1.96 bits per heavy atom. The van der Waals surface area contributed by atoms with Crippen LogP contribution in [0, 0.1) is 0 Å². The molecule has 0 bridgehead atoms. The molecule has 5 nitrogen and oxygen atoms in total. The van der Waals surface area contributed by atoms with E-state index in [0.29, 0.717) is 17.2 Å². The predicted molar refractivity (Wildman–Crippen MR) is 111 cm³/mol. The van der Waals surface area contributed by atoms with Crippen LogP contribution in [0.15, 0.2) is 77.7 Å². The summed E-state index contributed by atoms with van der Waals surface area (Å²) in [6, 6.07) is 17.5. The standard InChI is InChI=1S/C20H15BrN4OS/c21-16-5-3-15(4-6-16)17-7-8-18(27-17)20(26)23-19-9-11-25(24-19)13-14-2-1-10-22-12-14/h1-12H,13H2,(H,23,24,26). The van der Waals surface area contributed by atoms with E-state index in [1.807, 2.05) is 54.7 Å². The van der Waals surface area contributed by atoms with Gasteiger partial charge in [0.2, 0.25) is 0 Å². The van der Waals surface area contributed by atoms with Crippen LogP contribution in [0.4, 0.5) is 5.82 Å². The van der Waals surface area contributed by atoms with E-state index in [9.17, 15) is 4.79 Å². The average molecular weight is 439 g/mol. The van der Waals surface area contributed by atoms with Crippen molar-refractivity contribution in [1.82, 2.24) is 14.8 Å². The van der Waals surface area contributed by atoms with Crippen molar-refractivity contribution in [1.29, 1.82) is 0 Å². The number of anilines is 1. The van der Waals surface area contributed by atoms with Gasteiger partial charge in [-0.2, -0.15) is 5.10 Å². The highest BCUT2D eigenvalue weighted by Gasteiger charge is 2.12. The first-order valence-corrected chi connectivity index (χ1v) is 9.88. The smallest absolute Gasteiger partial charge is 0.266 e. The fourth-order valence-corrected chi connectivity index (χ4v) is 3.77. The molecule has 0 aliphatic rings. The molecule has 4 rings (SSSR count). The number of halogens is 1. The molecule has 7 heteroatoms. The number of hydrogen-bond donors (Lipinski definition) is 1. The first-order valence-electron chi connectivity index (χ1n) is 8.27. The van der Waals surface area contributed by atoms with Crippen LogP contribution in [-0.4, -0.2) is 20.7 Å². The number of nitrogens with one attached hydrogen (secondary N) is 1. The van der Waals surface area contributed by atoms with Crippen LogP contribution in [-0.2, 0) is 6.54 Å². The van der Waals surface area contributed by atoms with Crippen LogP contribution in [0.1, 0.15) is 15.2 Å². The van der Waals surface area contributed by atoms with Gasteiger partial charge in [-0.1, -0.05) is 34.1 Å². The molecule has 3 aromatic heterocycles. The first kappa shape index (κ1) is 17.6. The predicted octanol–water partition coefficient (Wildman–Crippen LogP) is 5.07. The van der Waals surface area contributed by atoms with Gasteiger partial charge in [0.05, 0.1) is 11.4 Å². The van der Waals surface area contributed by atoms with Crippen molar-refractivity contribution in [2.45, 2.75) is 6.54 Å². The first-order chi connectivity index (χ1) is 13.2. The molecule has 3 heterocycles. The second-order valence-electron chi connectivity index (χ2n) is 5.88. The molecular weight excluding hydrogens is 424 g/mol. The highest BCUT2D eigenvalue weighted by molar-refractivity contribution is 9.10. The number of benzene rings is 1. The van der Waals surface area contributed by atoms with Crippen molar-refractivity contribution in [2.75, 3.05) is 5.32 Å². The lowest BCUT2D eigenvalue weighted by Crippen LogP contribution is -2.11. The Kier molecular flexibility index (Phi) is 5.13. The zero-order valence-corrected chi connectivity index (χ0v) is 16.6. The summed E-state index contributed by atoms with van der Waals surface area (Å²) in [5.41, 5.74) is 2.14. The van der Waals surface area contributed by atoms with Gasteiger partial charge in [-0.25, -0.2) is 0 Å². The van der Waals surface area contributed by atoms with Gasteiger partial charge in [-0.3, -0.25) is 14.5 Å². The zero-order chi connectivity index (χ0) is 18.6. The van der Waals surface area contributed by atoms with Crippen molar-refractivity contribution in [3.63, 3.8) is 0 Å². The maximum absolute atomic E-state index is 12.5. The van der Waals surface area contributed by atoms with Gasteiger partial charge in [-0.15, -0.1) is 11.3 Å². The molecule has 0 fully saturated rings. The van der Waals surface area contributed by atoms with E-state index in [1.165, 1.54) is 11.3 Å².